The number of rotatable bonds is 3. The van der Waals surface area contributed by atoms with Gasteiger partial charge in [-0.2, -0.15) is 0 Å². The zero-order valence-corrected chi connectivity index (χ0v) is 14.2. The molecule has 2 N–H and O–H groups in total. The zero-order valence-electron chi connectivity index (χ0n) is 12.7. The minimum Gasteiger partial charge on any atom is -0.378 e. The van der Waals surface area contributed by atoms with Crippen molar-refractivity contribution < 1.29 is 14.3 Å². The number of ether oxygens (including phenoxy) is 1. The van der Waals surface area contributed by atoms with E-state index >= 15 is 0 Å². The fourth-order valence-corrected chi connectivity index (χ4v) is 2.93. The summed E-state index contributed by atoms with van der Waals surface area (Å²) in [6.07, 6.45) is -0.0569. The maximum absolute atomic E-state index is 12.1. The van der Waals surface area contributed by atoms with Crippen molar-refractivity contribution in [3.8, 4) is 0 Å². The predicted octanol–water partition coefficient (Wildman–Crippen LogP) is 1.51. The van der Waals surface area contributed by atoms with Crippen LogP contribution in [0.5, 0.6) is 0 Å². The van der Waals surface area contributed by atoms with Crippen molar-refractivity contribution in [1.82, 2.24) is 10.2 Å². The van der Waals surface area contributed by atoms with Crippen molar-refractivity contribution in [2.24, 2.45) is 4.99 Å². The molecular formula is C15H16Cl2N4O3. The molecule has 2 heterocycles. The van der Waals surface area contributed by atoms with Crippen LogP contribution in [-0.4, -0.2) is 55.0 Å². The van der Waals surface area contributed by atoms with Crippen LogP contribution >= 0.6 is 23.2 Å². The molecule has 0 bridgehead atoms. The van der Waals surface area contributed by atoms with E-state index in [4.69, 9.17) is 27.9 Å². The predicted molar refractivity (Wildman–Crippen MR) is 91.5 cm³/mol. The van der Waals surface area contributed by atoms with Crippen LogP contribution in [0.3, 0.4) is 0 Å². The number of carbonyl (C=O) groups excluding carboxylic acids is 2. The van der Waals surface area contributed by atoms with Crippen LogP contribution in [0.2, 0.25) is 10.0 Å². The lowest BCUT2D eigenvalue weighted by molar-refractivity contribution is -0.124. The second kappa shape index (κ2) is 7.38. The number of nitrogens with zero attached hydrogens (tertiary/aromatic N) is 2. The molecule has 2 amide bonds. The molecule has 1 aromatic rings. The van der Waals surface area contributed by atoms with Crippen LogP contribution in [0, 0.1) is 0 Å². The van der Waals surface area contributed by atoms with E-state index in [2.05, 4.69) is 15.6 Å². The van der Waals surface area contributed by atoms with E-state index in [1.807, 2.05) is 4.90 Å². The van der Waals surface area contributed by atoms with Gasteiger partial charge in [-0.1, -0.05) is 23.2 Å². The molecule has 0 aromatic heterocycles. The molecule has 7 nitrogen and oxygen atoms in total. The first kappa shape index (κ1) is 17.0. The Morgan fingerprint density at radius 2 is 2.12 bits per heavy atom. The van der Waals surface area contributed by atoms with E-state index < -0.39 is 6.04 Å². The van der Waals surface area contributed by atoms with Crippen molar-refractivity contribution in [2.45, 2.75) is 12.5 Å². The fraction of sp³-hybridized carbons (Fsp3) is 0.400. The molecule has 0 saturated carbocycles. The molecule has 9 heteroatoms. The molecule has 3 rings (SSSR count). The largest absolute Gasteiger partial charge is 0.378 e. The average molecular weight is 371 g/mol. The molecule has 1 atom stereocenters. The highest BCUT2D eigenvalue weighted by molar-refractivity contribution is 6.36. The van der Waals surface area contributed by atoms with Crippen LogP contribution in [0.15, 0.2) is 23.2 Å². The minimum atomic E-state index is -0.742. The van der Waals surface area contributed by atoms with Gasteiger partial charge in [0.2, 0.25) is 11.9 Å². The maximum Gasteiger partial charge on any atom is 0.252 e. The molecule has 0 aliphatic carbocycles. The first-order valence-corrected chi connectivity index (χ1v) is 8.25. The van der Waals surface area contributed by atoms with E-state index in [9.17, 15) is 9.59 Å². The van der Waals surface area contributed by atoms with Crippen molar-refractivity contribution >= 4 is 46.7 Å². The number of morpholine rings is 1. The normalized spacial score (nSPS) is 20.6. The third kappa shape index (κ3) is 3.98. The Hall–Kier alpha value is -1.83. The maximum atomic E-state index is 12.1. The smallest absolute Gasteiger partial charge is 0.252 e. The Kier molecular flexibility index (Phi) is 5.23. The molecular weight excluding hydrogens is 355 g/mol. The first-order chi connectivity index (χ1) is 11.5. The summed E-state index contributed by atoms with van der Waals surface area (Å²) in [6, 6.07) is 4.03. The van der Waals surface area contributed by atoms with Crippen LogP contribution < -0.4 is 10.6 Å². The molecule has 1 aromatic carbocycles. The number of carbonyl (C=O) groups is 2. The first-order valence-electron chi connectivity index (χ1n) is 7.49. The van der Waals surface area contributed by atoms with Gasteiger partial charge in [0.1, 0.15) is 6.04 Å². The summed E-state index contributed by atoms with van der Waals surface area (Å²) >= 11 is 11.8. The van der Waals surface area contributed by atoms with E-state index in [1.54, 1.807) is 12.1 Å². The second-order valence-corrected chi connectivity index (χ2v) is 6.28. The summed E-state index contributed by atoms with van der Waals surface area (Å²) in [5.41, 5.74) is 0.446. The summed E-state index contributed by atoms with van der Waals surface area (Å²) in [5.74, 6) is -0.120. The molecule has 128 valence electrons. The SMILES string of the molecule is O=C(CC1N=C(N2CCOCC2)NC1=O)Nc1ccc(Cl)cc1Cl. The highest BCUT2D eigenvalue weighted by Crippen LogP contribution is 2.25. The summed E-state index contributed by atoms with van der Waals surface area (Å²) < 4.78 is 5.27. The molecule has 1 fully saturated rings. The van der Waals surface area contributed by atoms with Gasteiger partial charge < -0.3 is 15.0 Å². The van der Waals surface area contributed by atoms with Crippen molar-refractivity contribution in [2.75, 3.05) is 31.6 Å². The van der Waals surface area contributed by atoms with Crippen LogP contribution in [0.25, 0.3) is 0 Å². The lowest BCUT2D eigenvalue weighted by Crippen LogP contribution is -2.46. The van der Waals surface area contributed by atoms with Crippen molar-refractivity contribution in [3.05, 3.63) is 28.2 Å². The quantitative estimate of drug-likeness (QED) is 0.844. The molecule has 1 unspecified atom stereocenters. The topological polar surface area (TPSA) is 83.0 Å². The molecule has 2 aliphatic rings. The van der Waals surface area contributed by atoms with Gasteiger partial charge in [0.05, 0.1) is 30.3 Å². The Morgan fingerprint density at radius 3 is 2.83 bits per heavy atom. The zero-order chi connectivity index (χ0) is 17.1. The Morgan fingerprint density at radius 1 is 1.38 bits per heavy atom. The number of amides is 2. The van der Waals surface area contributed by atoms with Gasteiger partial charge in [0, 0.05) is 18.1 Å². The number of nitrogens with one attached hydrogen (secondary N) is 2. The standard InChI is InChI=1S/C15H16Cl2N4O3/c16-9-1-2-11(10(17)7-9)18-13(22)8-12-14(23)20-15(19-12)21-3-5-24-6-4-21/h1-2,7,12H,3-6,8H2,(H,18,22)(H,19,20,23). The van der Waals surface area contributed by atoms with E-state index in [0.717, 1.165) is 0 Å². The number of anilines is 1. The van der Waals surface area contributed by atoms with Gasteiger partial charge >= 0.3 is 0 Å². The van der Waals surface area contributed by atoms with Crippen LogP contribution in [-0.2, 0) is 14.3 Å². The van der Waals surface area contributed by atoms with Gasteiger partial charge in [-0.15, -0.1) is 0 Å². The highest BCUT2D eigenvalue weighted by Gasteiger charge is 2.31. The number of guanidine groups is 1. The average Bonchev–Trinajstić information content (AvgIpc) is 2.92. The van der Waals surface area contributed by atoms with Gasteiger partial charge in [0.15, 0.2) is 0 Å². The summed E-state index contributed by atoms with van der Waals surface area (Å²) in [7, 11) is 0. The number of halogens is 2. The Balaban J connectivity index is 1.61. The van der Waals surface area contributed by atoms with Crippen molar-refractivity contribution in [1.29, 1.82) is 0 Å². The molecule has 1 saturated heterocycles. The summed E-state index contributed by atoms with van der Waals surface area (Å²) in [4.78, 5) is 30.4. The lowest BCUT2D eigenvalue weighted by Gasteiger charge is -2.27. The van der Waals surface area contributed by atoms with Crippen LogP contribution in [0.1, 0.15) is 6.42 Å². The van der Waals surface area contributed by atoms with E-state index in [1.165, 1.54) is 6.07 Å². The fourth-order valence-electron chi connectivity index (χ4n) is 2.47. The van der Waals surface area contributed by atoms with Gasteiger partial charge in [-0.25, -0.2) is 4.99 Å². The van der Waals surface area contributed by atoms with Crippen LogP contribution in [0.4, 0.5) is 5.69 Å². The van der Waals surface area contributed by atoms with Gasteiger partial charge in [-0.05, 0) is 18.2 Å². The molecule has 2 aliphatic heterocycles. The lowest BCUT2D eigenvalue weighted by atomic mass is 10.2. The number of hydrogen-bond donors (Lipinski definition) is 2. The number of hydrogen-bond acceptors (Lipinski definition) is 5. The van der Waals surface area contributed by atoms with E-state index in [-0.39, 0.29) is 18.2 Å². The molecule has 0 radical (unpaired) electrons. The summed E-state index contributed by atoms with van der Waals surface area (Å²) in [6.45, 7) is 2.51. The molecule has 0 spiro atoms. The minimum absolute atomic E-state index is 0.0569. The highest BCUT2D eigenvalue weighted by atomic mass is 35.5. The van der Waals surface area contributed by atoms with Crippen molar-refractivity contribution in [3.63, 3.8) is 0 Å². The third-order valence-corrected chi connectivity index (χ3v) is 4.26. The number of benzene rings is 1. The second-order valence-electron chi connectivity index (χ2n) is 5.43. The van der Waals surface area contributed by atoms with Gasteiger partial charge in [-0.3, -0.25) is 14.9 Å². The van der Waals surface area contributed by atoms with Gasteiger partial charge in [0.25, 0.3) is 5.91 Å². The molecule has 24 heavy (non-hydrogen) atoms. The Labute approximate surface area is 149 Å². The Bertz CT molecular complexity index is 689. The summed E-state index contributed by atoms with van der Waals surface area (Å²) in [5, 5.41) is 6.20. The monoisotopic (exact) mass is 370 g/mol. The third-order valence-electron chi connectivity index (χ3n) is 3.71. The van der Waals surface area contributed by atoms with E-state index in [0.29, 0.717) is 48.0 Å². The number of aliphatic imine (C=N–C) groups is 1.